The molecule has 90 valence electrons. The van der Waals surface area contributed by atoms with Crippen LogP contribution in [0.4, 0.5) is 0 Å². The van der Waals surface area contributed by atoms with Crippen LogP contribution in [0.1, 0.15) is 22.6 Å². The summed E-state index contributed by atoms with van der Waals surface area (Å²) in [7, 11) is 4.06. The molecule has 0 saturated heterocycles. The number of hydrogen-bond acceptors (Lipinski definition) is 5. The van der Waals surface area contributed by atoms with Crippen LogP contribution < -0.4 is 5.32 Å². The molecule has 1 aromatic heterocycles. The summed E-state index contributed by atoms with van der Waals surface area (Å²) in [4.78, 5) is 13.6. The Labute approximate surface area is 104 Å². The van der Waals surface area contributed by atoms with Gasteiger partial charge in [0, 0.05) is 6.54 Å². The number of hydrogen-bond donors (Lipinski definition) is 1. The number of amides is 1. The van der Waals surface area contributed by atoms with Gasteiger partial charge >= 0.3 is 0 Å². The molecule has 0 bridgehead atoms. The number of nitrogens with zero attached hydrogens (tertiary/aromatic N) is 3. The molecular weight excluding hydrogens is 248 g/mol. The summed E-state index contributed by atoms with van der Waals surface area (Å²) >= 11 is 6.67. The normalized spacial score (nSPS) is 10.8. The third-order valence-corrected chi connectivity index (χ3v) is 2.93. The first kappa shape index (κ1) is 13.3. The van der Waals surface area contributed by atoms with Gasteiger partial charge in [-0.05, 0) is 45.1 Å². The van der Waals surface area contributed by atoms with Crippen molar-refractivity contribution in [2.75, 3.05) is 27.2 Å². The molecule has 7 heteroatoms. The molecule has 1 heterocycles. The van der Waals surface area contributed by atoms with Crippen molar-refractivity contribution in [1.29, 1.82) is 0 Å². The van der Waals surface area contributed by atoms with E-state index in [0.29, 0.717) is 11.6 Å². The third kappa shape index (κ3) is 4.87. The van der Waals surface area contributed by atoms with E-state index >= 15 is 0 Å². The highest BCUT2D eigenvalue weighted by Gasteiger charge is 2.10. The lowest BCUT2D eigenvalue weighted by atomic mass is 10.3. The minimum atomic E-state index is -0.200. The average Bonchev–Trinajstić information content (AvgIpc) is 2.63. The van der Waals surface area contributed by atoms with E-state index in [1.54, 1.807) is 0 Å². The molecule has 1 N–H and O–H groups in total. The topological polar surface area (TPSA) is 58.1 Å². The summed E-state index contributed by atoms with van der Waals surface area (Å²) in [6.45, 7) is 1.68. The summed E-state index contributed by atoms with van der Waals surface area (Å²) in [6, 6.07) is 0. The van der Waals surface area contributed by atoms with Crippen LogP contribution in [0.3, 0.4) is 0 Å². The Morgan fingerprint density at radius 3 is 2.75 bits per heavy atom. The van der Waals surface area contributed by atoms with E-state index < -0.39 is 0 Å². The van der Waals surface area contributed by atoms with Crippen molar-refractivity contribution >= 4 is 28.8 Å². The third-order valence-electron chi connectivity index (χ3n) is 1.91. The van der Waals surface area contributed by atoms with Gasteiger partial charge in [-0.25, -0.2) is 0 Å². The zero-order valence-electron chi connectivity index (χ0n) is 9.36. The van der Waals surface area contributed by atoms with Gasteiger partial charge in [-0.1, -0.05) is 11.3 Å². The second-order valence-electron chi connectivity index (χ2n) is 3.63. The maximum absolute atomic E-state index is 11.5. The number of nitrogens with one attached hydrogen (secondary N) is 1. The maximum atomic E-state index is 11.5. The summed E-state index contributed by atoms with van der Waals surface area (Å²) < 4.78 is 0.290. The summed E-state index contributed by atoms with van der Waals surface area (Å²) in [5.41, 5.74) is 0. The Kier molecular flexibility index (Phi) is 5.65. The molecule has 0 unspecified atom stereocenters. The molecule has 0 aliphatic rings. The molecule has 1 aromatic rings. The van der Waals surface area contributed by atoms with E-state index in [2.05, 4.69) is 20.4 Å². The molecule has 0 aromatic carbocycles. The zero-order valence-corrected chi connectivity index (χ0v) is 10.9. The Hall–Kier alpha value is -0.720. The lowest BCUT2D eigenvalue weighted by Crippen LogP contribution is -2.25. The van der Waals surface area contributed by atoms with Crippen LogP contribution in [-0.4, -0.2) is 48.2 Å². The molecule has 1 amide bonds. The summed E-state index contributed by atoms with van der Waals surface area (Å²) in [6.07, 6.45) is 2.01. The number of carbonyl (C=O) groups is 1. The highest BCUT2D eigenvalue weighted by molar-refractivity contribution is 7.17. The fourth-order valence-corrected chi connectivity index (χ4v) is 1.87. The molecule has 0 spiro atoms. The van der Waals surface area contributed by atoms with Gasteiger partial charge in [0.05, 0.1) is 0 Å². The summed E-state index contributed by atoms with van der Waals surface area (Å²) in [5.74, 6) is -0.200. The van der Waals surface area contributed by atoms with E-state index in [0.717, 1.165) is 30.7 Å². The Bertz CT molecular complexity index is 342. The van der Waals surface area contributed by atoms with Gasteiger partial charge in [-0.15, -0.1) is 10.2 Å². The van der Waals surface area contributed by atoms with Crippen LogP contribution >= 0.6 is 22.9 Å². The van der Waals surface area contributed by atoms with Crippen LogP contribution in [0, 0.1) is 0 Å². The van der Waals surface area contributed by atoms with Gasteiger partial charge in [-0.3, -0.25) is 4.79 Å². The summed E-state index contributed by atoms with van der Waals surface area (Å²) in [5, 5.41) is 10.3. The number of carbonyl (C=O) groups excluding carboxylic acids is 1. The van der Waals surface area contributed by atoms with E-state index in [1.807, 2.05) is 14.1 Å². The second kappa shape index (κ2) is 6.78. The Morgan fingerprint density at radius 1 is 1.44 bits per heavy atom. The first-order valence-corrected chi connectivity index (χ1v) is 6.21. The van der Waals surface area contributed by atoms with Gasteiger partial charge < -0.3 is 10.2 Å². The van der Waals surface area contributed by atoms with Gasteiger partial charge in [0.1, 0.15) is 0 Å². The average molecular weight is 263 g/mol. The quantitative estimate of drug-likeness (QED) is 0.785. The molecule has 0 atom stereocenters. The number of aromatic nitrogens is 2. The highest BCUT2D eigenvalue weighted by atomic mass is 35.5. The molecule has 0 aliphatic carbocycles. The number of halogens is 1. The van der Waals surface area contributed by atoms with Crippen molar-refractivity contribution in [2.45, 2.75) is 12.8 Å². The fourth-order valence-electron chi connectivity index (χ4n) is 1.13. The van der Waals surface area contributed by atoms with Crippen LogP contribution in [0.2, 0.25) is 4.47 Å². The van der Waals surface area contributed by atoms with Crippen molar-refractivity contribution < 1.29 is 4.79 Å². The van der Waals surface area contributed by atoms with Gasteiger partial charge in [0.25, 0.3) is 5.91 Å². The largest absolute Gasteiger partial charge is 0.350 e. The first-order chi connectivity index (χ1) is 7.59. The highest BCUT2D eigenvalue weighted by Crippen LogP contribution is 2.14. The standard InChI is InChI=1S/C9H15ClN4OS/c1-14(2)6-4-3-5-11-7(15)8-12-13-9(10)16-8/h3-6H2,1-2H3,(H,11,15). The van der Waals surface area contributed by atoms with Crippen LogP contribution in [0.25, 0.3) is 0 Å². The van der Waals surface area contributed by atoms with Gasteiger partial charge in [-0.2, -0.15) is 0 Å². The minimum Gasteiger partial charge on any atom is -0.350 e. The van der Waals surface area contributed by atoms with E-state index in [9.17, 15) is 4.79 Å². The van der Waals surface area contributed by atoms with Gasteiger partial charge in [0.2, 0.25) is 9.47 Å². The van der Waals surface area contributed by atoms with Crippen molar-refractivity contribution in [3.63, 3.8) is 0 Å². The fraction of sp³-hybridized carbons (Fsp3) is 0.667. The Morgan fingerprint density at radius 2 is 2.19 bits per heavy atom. The van der Waals surface area contributed by atoms with Crippen molar-refractivity contribution in [2.24, 2.45) is 0 Å². The first-order valence-electron chi connectivity index (χ1n) is 5.01. The van der Waals surface area contributed by atoms with E-state index in [4.69, 9.17) is 11.6 Å². The van der Waals surface area contributed by atoms with Gasteiger partial charge in [0.15, 0.2) is 0 Å². The zero-order chi connectivity index (χ0) is 12.0. The van der Waals surface area contributed by atoms with Crippen molar-refractivity contribution in [1.82, 2.24) is 20.4 Å². The molecule has 0 radical (unpaired) electrons. The molecule has 16 heavy (non-hydrogen) atoms. The molecule has 0 fully saturated rings. The van der Waals surface area contributed by atoms with E-state index in [-0.39, 0.29) is 10.4 Å². The molecule has 5 nitrogen and oxygen atoms in total. The minimum absolute atomic E-state index is 0.200. The maximum Gasteiger partial charge on any atom is 0.282 e. The lowest BCUT2D eigenvalue weighted by Gasteiger charge is -2.08. The predicted molar refractivity (Wildman–Crippen MR) is 65.0 cm³/mol. The monoisotopic (exact) mass is 262 g/mol. The van der Waals surface area contributed by atoms with Crippen LogP contribution in [0.15, 0.2) is 0 Å². The number of rotatable bonds is 6. The second-order valence-corrected chi connectivity index (χ2v) is 5.19. The van der Waals surface area contributed by atoms with Crippen molar-refractivity contribution in [3.8, 4) is 0 Å². The smallest absolute Gasteiger partial charge is 0.282 e. The van der Waals surface area contributed by atoms with E-state index in [1.165, 1.54) is 0 Å². The lowest BCUT2D eigenvalue weighted by molar-refractivity contribution is 0.0951. The van der Waals surface area contributed by atoms with Crippen LogP contribution in [0.5, 0.6) is 0 Å². The van der Waals surface area contributed by atoms with Crippen molar-refractivity contribution in [3.05, 3.63) is 9.47 Å². The van der Waals surface area contributed by atoms with Crippen LogP contribution in [-0.2, 0) is 0 Å². The Balaban J connectivity index is 2.16. The molecular formula is C9H15ClN4OS. The SMILES string of the molecule is CN(C)CCCCNC(=O)c1nnc(Cl)s1. The predicted octanol–water partition coefficient (Wildman–Crippen LogP) is 1.26. The molecule has 1 rings (SSSR count). The molecule has 0 saturated carbocycles. The number of unbranched alkanes of at least 4 members (excludes halogenated alkanes) is 1. The molecule has 0 aliphatic heterocycles.